The summed E-state index contributed by atoms with van der Waals surface area (Å²) in [5.74, 6) is 0.758. The van der Waals surface area contributed by atoms with Gasteiger partial charge in [0.2, 0.25) is 0 Å². The number of para-hydroxylation sites is 1. The second kappa shape index (κ2) is 8.74. The molecule has 2 N–H and O–H groups in total. The van der Waals surface area contributed by atoms with Crippen molar-refractivity contribution in [3.8, 4) is 5.75 Å². The molecule has 5 heteroatoms. The van der Waals surface area contributed by atoms with E-state index in [0.717, 1.165) is 46.7 Å². The Morgan fingerprint density at radius 3 is 2.30 bits per heavy atom. The molecule has 2 amide bonds. The average Bonchev–Trinajstić information content (AvgIpc) is 3.06. The number of ether oxygens (including phenoxy) is 1. The highest BCUT2D eigenvalue weighted by Crippen LogP contribution is 2.35. The minimum absolute atomic E-state index is 0.266. The number of aromatic nitrogens is 1. The van der Waals surface area contributed by atoms with Gasteiger partial charge in [0.15, 0.2) is 0 Å². The van der Waals surface area contributed by atoms with E-state index in [1.54, 1.807) is 7.11 Å². The number of fused-ring (bicyclic) bond motifs is 1. The number of hydrogen-bond acceptors (Lipinski definition) is 2. The van der Waals surface area contributed by atoms with Gasteiger partial charge in [0.25, 0.3) is 0 Å². The van der Waals surface area contributed by atoms with Gasteiger partial charge in [-0.15, -0.1) is 0 Å². The van der Waals surface area contributed by atoms with Crippen LogP contribution in [0.1, 0.15) is 18.2 Å². The first-order valence-electron chi connectivity index (χ1n) is 10.1. The van der Waals surface area contributed by atoms with Crippen molar-refractivity contribution in [2.45, 2.75) is 19.9 Å². The molecule has 1 heterocycles. The molecule has 0 saturated heterocycles. The van der Waals surface area contributed by atoms with Crippen LogP contribution in [-0.4, -0.2) is 17.7 Å². The second-order valence-electron chi connectivity index (χ2n) is 7.08. The predicted molar refractivity (Wildman–Crippen MR) is 122 cm³/mol. The highest BCUT2D eigenvalue weighted by molar-refractivity contribution is 6.07. The van der Waals surface area contributed by atoms with Gasteiger partial charge in [-0.2, -0.15) is 0 Å². The zero-order valence-electron chi connectivity index (χ0n) is 17.2. The first-order valence-corrected chi connectivity index (χ1v) is 10.1. The molecule has 0 radical (unpaired) electrons. The largest absolute Gasteiger partial charge is 0.497 e. The third-order valence-corrected chi connectivity index (χ3v) is 5.17. The van der Waals surface area contributed by atoms with E-state index in [0.29, 0.717) is 0 Å². The third kappa shape index (κ3) is 4.01. The lowest BCUT2D eigenvalue weighted by Gasteiger charge is -2.12. The molecular formula is C25H25N3O2. The molecule has 3 aromatic carbocycles. The smallest absolute Gasteiger partial charge is 0.323 e. The molecule has 30 heavy (non-hydrogen) atoms. The first-order chi connectivity index (χ1) is 14.7. The lowest BCUT2D eigenvalue weighted by molar-refractivity contribution is 0.262. The van der Waals surface area contributed by atoms with Crippen molar-refractivity contribution in [1.82, 2.24) is 4.57 Å². The molecule has 0 saturated carbocycles. The summed E-state index contributed by atoms with van der Waals surface area (Å²) in [6.45, 7) is 2.84. The van der Waals surface area contributed by atoms with Crippen LogP contribution in [0.4, 0.5) is 16.2 Å². The van der Waals surface area contributed by atoms with Crippen LogP contribution in [0.5, 0.6) is 5.75 Å². The Bertz CT molecular complexity index is 1150. The Morgan fingerprint density at radius 2 is 1.63 bits per heavy atom. The van der Waals surface area contributed by atoms with E-state index in [1.807, 2.05) is 60.7 Å². The summed E-state index contributed by atoms with van der Waals surface area (Å²) in [4.78, 5) is 12.8. The van der Waals surface area contributed by atoms with Crippen LogP contribution in [0.3, 0.4) is 0 Å². The fraction of sp³-hybridized carbons (Fsp3) is 0.160. The molecule has 0 aliphatic carbocycles. The van der Waals surface area contributed by atoms with Gasteiger partial charge in [-0.1, -0.05) is 55.5 Å². The molecule has 0 unspecified atom stereocenters. The number of carbonyl (C=O) groups is 1. The molecule has 0 aliphatic heterocycles. The predicted octanol–water partition coefficient (Wildman–Crippen LogP) is 5.90. The summed E-state index contributed by atoms with van der Waals surface area (Å²) in [7, 11) is 1.65. The summed E-state index contributed by atoms with van der Waals surface area (Å²) in [6, 6.07) is 25.5. The standard InChI is InChI=1S/C25H25N3O2/c1-3-22-24(27-25(29)26-19-12-8-5-9-13-19)21-16-20(30-2)14-15-23(21)28(22)17-18-10-6-4-7-11-18/h4-16H,3,17H2,1-2H3,(H2,26,27,29). The fourth-order valence-electron chi connectivity index (χ4n) is 3.76. The molecule has 4 rings (SSSR count). The molecule has 5 nitrogen and oxygen atoms in total. The van der Waals surface area contributed by atoms with Gasteiger partial charge in [0.1, 0.15) is 5.75 Å². The number of carbonyl (C=O) groups excluding carboxylic acids is 1. The van der Waals surface area contributed by atoms with E-state index in [9.17, 15) is 4.79 Å². The van der Waals surface area contributed by atoms with Crippen molar-refractivity contribution < 1.29 is 9.53 Å². The molecule has 0 bridgehead atoms. The number of nitrogens with one attached hydrogen (secondary N) is 2. The zero-order chi connectivity index (χ0) is 20.9. The molecule has 152 valence electrons. The van der Waals surface area contributed by atoms with Crippen LogP contribution < -0.4 is 15.4 Å². The van der Waals surface area contributed by atoms with Gasteiger partial charge >= 0.3 is 6.03 Å². The van der Waals surface area contributed by atoms with Crippen LogP contribution in [0, 0.1) is 0 Å². The van der Waals surface area contributed by atoms with E-state index >= 15 is 0 Å². The van der Waals surface area contributed by atoms with Gasteiger partial charge in [-0.05, 0) is 42.3 Å². The Hall–Kier alpha value is -3.73. The van der Waals surface area contributed by atoms with E-state index in [1.165, 1.54) is 5.56 Å². The van der Waals surface area contributed by atoms with Gasteiger partial charge in [0, 0.05) is 23.3 Å². The fourth-order valence-corrected chi connectivity index (χ4v) is 3.76. The lowest BCUT2D eigenvalue weighted by Crippen LogP contribution is -2.20. The quantitative estimate of drug-likeness (QED) is 0.424. The minimum atomic E-state index is -0.266. The van der Waals surface area contributed by atoms with Crippen molar-refractivity contribution in [2.24, 2.45) is 0 Å². The molecular weight excluding hydrogens is 374 g/mol. The van der Waals surface area contributed by atoms with E-state index in [4.69, 9.17) is 4.74 Å². The highest BCUT2D eigenvalue weighted by Gasteiger charge is 2.19. The van der Waals surface area contributed by atoms with Gasteiger partial charge < -0.3 is 19.9 Å². The SMILES string of the molecule is CCc1c(NC(=O)Nc2ccccc2)c2cc(OC)ccc2n1Cc1ccccc1. The summed E-state index contributed by atoms with van der Waals surface area (Å²) in [6.07, 6.45) is 0.783. The summed E-state index contributed by atoms with van der Waals surface area (Å²) >= 11 is 0. The number of urea groups is 1. The molecule has 4 aromatic rings. The first kappa shape index (κ1) is 19.6. The zero-order valence-corrected chi connectivity index (χ0v) is 17.2. The van der Waals surface area contributed by atoms with Crippen LogP contribution in [-0.2, 0) is 13.0 Å². The van der Waals surface area contributed by atoms with Crippen molar-refractivity contribution in [2.75, 3.05) is 17.7 Å². The number of rotatable bonds is 6. The number of amides is 2. The third-order valence-electron chi connectivity index (χ3n) is 5.17. The van der Waals surface area contributed by atoms with E-state index in [2.05, 4.69) is 40.3 Å². The Balaban J connectivity index is 1.75. The van der Waals surface area contributed by atoms with E-state index < -0.39 is 0 Å². The van der Waals surface area contributed by atoms with Crippen LogP contribution in [0.2, 0.25) is 0 Å². The van der Waals surface area contributed by atoms with Gasteiger partial charge in [-0.3, -0.25) is 0 Å². The Labute approximate surface area is 176 Å². The average molecular weight is 399 g/mol. The number of benzene rings is 3. The number of anilines is 2. The summed E-state index contributed by atoms with van der Waals surface area (Å²) < 4.78 is 7.71. The number of nitrogens with zero attached hydrogens (tertiary/aromatic N) is 1. The van der Waals surface area contributed by atoms with Crippen LogP contribution in [0.15, 0.2) is 78.9 Å². The summed E-state index contributed by atoms with van der Waals surface area (Å²) in [5.41, 5.74) is 4.91. The van der Waals surface area contributed by atoms with Crippen molar-refractivity contribution in [3.63, 3.8) is 0 Å². The molecule has 0 aliphatic rings. The van der Waals surface area contributed by atoms with Gasteiger partial charge in [-0.25, -0.2) is 4.79 Å². The molecule has 1 aromatic heterocycles. The van der Waals surface area contributed by atoms with E-state index in [-0.39, 0.29) is 6.03 Å². The van der Waals surface area contributed by atoms with Crippen LogP contribution >= 0.6 is 0 Å². The molecule has 0 fully saturated rings. The van der Waals surface area contributed by atoms with Gasteiger partial charge in [0.05, 0.1) is 18.3 Å². The van der Waals surface area contributed by atoms with Crippen LogP contribution in [0.25, 0.3) is 10.9 Å². The molecule has 0 atom stereocenters. The number of methoxy groups -OCH3 is 1. The van der Waals surface area contributed by atoms with Crippen molar-refractivity contribution >= 4 is 28.3 Å². The molecule has 0 spiro atoms. The van der Waals surface area contributed by atoms with Crippen molar-refractivity contribution in [3.05, 3.63) is 90.1 Å². The Morgan fingerprint density at radius 1 is 0.933 bits per heavy atom. The minimum Gasteiger partial charge on any atom is -0.497 e. The second-order valence-corrected chi connectivity index (χ2v) is 7.08. The Kier molecular flexibility index (Phi) is 5.70. The van der Waals surface area contributed by atoms with Crippen molar-refractivity contribution in [1.29, 1.82) is 0 Å². The maximum atomic E-state index is 12.8. The lowest BCUT2D eigenvalue weighted by atomic mass is 10.2. The number of hydrogen-bond donors (Lipinski definition) is 2. The highest BCUT2D eigenvalue weighted by atomic mass is 16.5. The monoisotopic (exact) mass is 399 g/mol. The maximum Gasteiger partial charge on any atom is 0.323 e. The maximum absolute atomic E-state index is 12.8. The summed E-state index contributed by atoms with van der Waals surface area (Å²) in [5, 5.41) is 6.95. The normalized spacial score (nSPS) is 10.7. The topological polar surface area (TPSA) is 55.3 Å².